The quantitative estimate of drug-likeness (QED) is 0.460. The number of hydrogen-bond donors (Lipinski definition) is 1. The zero-order valence-corrected chi connectivity index (χ0v) is 13.3. The first kappa shape index (κ1) is 14.9. The van der Waals surface area contributed by atoms with E-state index in [1.165, 1.54) is 0 Å². The van der Waals surface area contributed by atoms with E-state index in [-0.39, 0.29) is 5.95 Å². The van der Waals surface area contributed by atoms with Crippen LogP contribution in [0, 0.1) is 5.21 Å². The number of anilines is 4. The van der Waals surface area contributed by atoms with Gasteiger partial charge in [-0.1, -0.05) is 36.4 Å². The molecule has 0 atom stereocenters. The first-order chi connectivity index (χ1) is 12.2. The van der Waals surface area contributed by atoms with E-state index in [0.717, 1.165) is 17.1 Å². The zero-order chi connectivity index (χ0) is 17.2. The van der Waals surface area contributed by atoms with Crippen molar-refractivity contribution >= 4 is 34.0 Å². The van der Waals surface area contributed by atoms with Gasteiger partial charge in [0.15, 0.2) is 0 Å². The Morgan fingerprint density at radius 1 is 0.800 bits per heavy atom. The Balaban J connectivity index is 1.92. The first-order valence-electron chi connectivity index (χ1n) is 7.80. The molecular weight excluding hydrogens is 314 g/mol. The van der Waals surface area contributed by atoms with Gasteiger partial charge >= 0.3 is 0 Å². The molecule has 0 aliphatic rings. The Morgan fingerprint density at radius 2 is 1.40 bits per heavy atom. The molecule has 4 aromatic rings. The van der Waals surface area contributed by atoms with E-state index >= 15 is 0 Å². The minimum Gasteiger partial charge on any atom is -0.594 e. The number of nitrogen functional groups attached to an aromatic ring is 1. The van der Waals surface area contributed by atoms with Gasteiger partial charge in [0, 0.05) is 17.4 Å². The molecular formula is C19H15N5O. The van der Waals surface area contributed by atoms with Crippen LogP contribution in [0.25, 0.3) is 11.0 Å². The zero-order valence-electron chi connectivity index (χ0n) is 13.3. The summed E-state index contributed by atoms with van der Waals surface area (Å²) in [4.78, 5) is 6.68. The Bertz CT molecular complexity index is 982. The van der Waals surface area contributed by atoms with Crippen LogP contribution in [0.4, 0.5) is 23.0 Å². The first-order valence-corrected chi connectivity index (χ1v) is 7.80. The summed E-state index contributed by atoms with van der Waals surface area (Å²) in [5.74, 6) is -0.0433. The van der Waals surface area contributed by atoms with E-state index in [2.05, 4.69) is 15.0 Å². The summed E-state index contributed by atoms with van der Waals surface area (Å²) < 4.78 is 0. The molecule has 0 bridgehead atoms. The van der Waals surface area contributed by atoms with Crippen LogP contribution in [0.3, 0.4) is 0 Å². The number of nitrogens with two attached hydrogens (primary N) is 1. The lowest BCUT2D eigenvalue weighted by molar-refractivity contribution is -0.641. The number of benzene rings is 3. The number of aromatic nitrogens is 3. The third kappa shape index (κ3) is 2.81. The second-order valence-corrected chi connectivity index (χ2v) is 5.52. The predicted molar refractivity (Wildman–Crippen MR) is 97.6 cm³/mol. The van der Waals surface area contributed by atoms with E-state index in [1.54, 1.807) is 12.1 Å². The van der Waals surface area contributed by atoms with Gasteiger partial charge in [0.05, 0.1) is 10.8 Å². The summed E-state index contributed by atoms with van der Waals surface area (Å²) in [5.41, 5.74) is 9.23. The number of nitrogens with zero attached hydrogens (tertiary/aromatic N) is 4. The molecule has 0 unspecified atom stereocenters. The molecule has 1 aromatic heterocycles. The number of rotatable bonds is 3. The number of hydrogen-bond acceptors (Lipinski definition) is 5. The predicted octanol–water partition coefficient (Wildman–Crippen LogP) is 3.32. The largest absolute Gasteiger partial charge is 0.594 e. The van der Waals surface area contributed by atoms with Crippen molar-refractivity contribution in [2.75, 3.05) is 10.6 Å². The van der Waals surface area contributed by atoms with E-state index in [9.17, 15) is 5.21 Å². The van der Waals surface area contributed by atoms with Gasteiger partial charge in [-0.2, -0.15) is 0 Å². The lowest BCUT2D eigenvalue weighted by Gasteiger charge is -2.25. The molecule has 0 amide bonds. The second kappa shape index (κ2) is 6.09. The van der Waals surface area contributed by atoms with Crippen molar-refractivity contribution < 1.29 is 4.85 Å². The average molecular weight is 329 g/mol. The minimum atomic E-state index is -0.0433. The topological polar surface area (TPSA) is 82.0 Å². The van der Waals surface area contributed by atoms with E-state index < -0.39 is 0 Å². The Hall–Kier alpha value is -3.67. The van der Waals surface area contributed by atoms with Gasteiger partial charge in [0.25, 0.3) is 11.5 Å². The molecule has 2 N–H and O–H groups in total. The maximum atomic E-state index is 12.1. The lowest BCUT2D eigenvalue weighted by Crippen LogP contribution is -2.33. The normalized spacial score (nSPS) is 10.7. The fourth-order valence-electron chi connectivity index (χ4n) is 2.79. The van der Waals surface area contributed by atoms with Crippen molar-refractivity contribution in [3.63, 3.8) is 0 Å². The van der Waals surface area contributed by atoms with Gasteiger partial charge in [0.2, 0.25) is 0 Å². The molecule has 25 heavy (non-hydrogen) atoms. The third-order valence-electron chi connectivity index (χ3n) is 3.88. The van der Waals surface area contributed by atoms with Crippen LogP contribution in [0.15, 0.2) is 78.9 Å². The Labute approximate surface area is 144 Å². The van der Waals surface area contributed by atoms with Crippen molar-refractivity contribution in [1.29, 1.82) is 0 Å². The van der Waals surface area contributed by atoms with Gasteiger partial charge in [-0.15, -0.1) is 0 Å². The SMILES string of the molecule is Nc1nc2ccc(N(c3ccccc3)c3ccccc3)cc2[n+]([O-])n1. The van der Waals surface area contributed by atoms with Crippen LogP contribution < -0.4 is 15.5 Å². The number of para-hydroxylation sites is 2. The molecule has 0 radical (unpaired) electrons. The highest BCUT2D eigenvalue weighted by molar-refractivity contribution is 5.83. The monoisotopic (exact) mass is 329 g/mol. The van der Waals surface area contributed by atoms with Crippen molar-refractivity contribution in [3.05, 3.63) is 84.1 Å². The second-order valence-electron chi connectivity index (χ2n) is 5.52. The molecule has 0 saturated carbocycles. The van der Waals surface area contributed by atoms with Crippen molar-refractivity contribution in [2.24, 2.45) is 0 Å². The molecule has 0 fully saturated rings. The highest BCUT2D eigenvalue weighted by atomic mass is 16.5. The highest BCUT2D eigenvalue weighted by Crippen LogP contribution is 2.34. The molecule has 6 nitrogen and oxygen atoms in total. The van der Waals surface area contributed by atoms with Crippen LogP contribution in [0.1, 0.15) is 0 Å². The Morgan fingerprint density at radius 3 is 2.00 bits per heavy atom. The van der Waals surface area contributed by atoms with Crippen LogP contribution in [-0.2, 0) is 0 Å². The smallest absolute Gasteiger partial charge is 0.288 e. The standard InChI is InChI=1S/C19H15N5O/c20-19-21-17-12-11-16(13-18(17)24(25)22-19)23(14-7-3-1-4-8-14)15-9-5-2-6-10-15/h1-13H,(H2,20,21,22). The van der Waals surface area contributed by atoms with Gasteiger partial charge in [-0.25, -0.2) is 4.98 Å². The van der Waals surface area contributed by atoms with E-state index in [4.69, 9.17) is 5.73 Å². The van der Waals surface area contributed by atoms with Gasteiger partial charge < -0.3 is 15.8 Å². The molecule has 0 aliphatic heterocycles. The van der Waals surface area contributed by atoms with Crippen molar-refractivity contribution in [1.82, 2.24) is 10.1 Å². The van der Waals surface area contributed by atoms with E-state index in [1.807, 2.05) is 66.7 Å². The fourth-order valence-corrected chi connectivity index (χ4v) is 2.79. The highest BCUT2D eigenvalue weighted by Gasteiger charge is 2.16. The Kier molecular flexibility index (Phi) is 3.63. The van der Waals surface area contributed by atoms with E-state index in [0.29, 0.717) is 15.9 Å². The molecule has 0 aliphatic carbocycles. The summed E-state index contributed by atoms with van der Waals surface area (Å²) in [7, 11) is 0. The van der Waals surface area contributed by atoms with Crippen molar-refractivity contribution in [3.8, 4) is 0 Å². The summed E-state index contributed by atoms with van der Waals surface area (Å²) in [6.45, 7) is 0. The number of fused-ring (bicyclic) bond motifs is 1. The fraction of sp³-hybridized carbons (Fsp3) is 0. The average Bonchev–Trinajstić information content (AvgIpc) is 2.64. The molecule has 3 aromatic carbocycles. The van der Waals surface area contributed by atoms with Crippen LogP contribution in [0.2, 0.25) is 0 Å². The van der Waals surface area contributed by atoms with Gasteiger partial charge in [-0.3, -0.25) is 0 Å². The molecule has 1 heterocycles. The summed E-state index contributed by atoms with van der Waals surface area (Å²) in [5, 5.41) is 15.8. The summed E-state index contributed by atoms with van der Waals surface area (Å²) in [6.07, 6.45) is 0. The van der Waals surface area contributed by atoms with Gasteiger partial charge in [-0.05, 0) is 41.2 Å². The van der Waals surface area contributed by atoms with Crippen molar-refractivity contribution in [2.45, 2.75) is 0 Å². The molecule has 0 saturated heterocycles. The molecule has 0 spiro atoms. The lowest BCUT2D eigenvalue weighted by atomic mass is 10.2. The maximum Gasteiger partial charge on any atom is 0.288 e. The maximum absolute atomic E-state index is 12.1. The van der Waals surface area contributed by atoms with Gasteiger partial charge in [0.1, 0.15) is 5.52 Å². The van der Waals surface area contributed by atoms with Crippen LogP contribution in [0.5, 0.6) is 0 Å². The third-order valence-corrected chi connectivity index (χ3v) is 3.88. The molecule has 4 rings (SSSR count). The molecule has 122 valence electrons. The summed E-state index contributed by atoms with van der Waals surface area (Å²) in [6, 6.07) is 25.4. The summed E-state index contributed by atoms with van der Waals surface area (Å²) >= 11 is 0. The molecule has 6 heteroatoms. The van der Waals surface area contributed by atoms with Crippen LogP contribution in [-0.4, -0.2) is 10.1 Å². The van der Waals surface area contributed by atoms with Crippen LogP contribution >= 0.6 is 0 Å². The minimum absolute atomic E-state index is 0.0433.